The van der Waals surface area contributed by atoms with Crippen LogP contribution in [0.1, 0.15) is 46.5 Å². The van der Waals surface area contributed by atoms with Gasteiger partial charge in [0.1, 0.15) is 0 Å². The second-order valence-corrected chi connectivity index (χ2v) is 5.22. The van der Waals surface area contributed by atoms with Gasteiger partial charge < -0.3 is 10.6 Å². The van der Waals surface area contributed by atoms with Gasteiger partial charge in [0.25, 0.3) is 0 Å². The molecule has 3 nitrogen and oxygen atoms in total. The van der Waals surface area contributed by atoms with E-state index in [0.717, 1.165) is 13.1 Å². The van der Waals surface area contributed by atoms with Gasteiger partial charge in [-0.05, 0) is 18.3 Å². The third-order valence-electron chi connectivity index (χ3n) is 3.40. The van der Waals surface area contributed by atoms with E-state index in [1.807, 2.05) is 0 Å². The molecule has 3 heteroatoms. The van der Waals surface area contributed by atoms with E-state index in [0.29, 0.717) is 11.5 Å². The standard InChI is InChI=1S/C12H24N2O/c1-10(15)13-8-9-14-11-6-4-5-7-12(11,2)3/h11,14H,4-9H2,1-3H3,(H,13,15). The van der Waals surface area contributed by atoms with Gasteiger partial charge >= 0.3 is 0 Å². The maximum absolute atomic E-state index is 10.7. The van der Waals surface area contributed by atoms with E-state index in [4.69, 9.17) is 0 Å². The predicted molar refractivity (Wildman–Crippen MR) is 62.7 cm³/mol. The van der Waals surface area contributed by atoms with Crippen LogP contribution in [0.15, 0.2) is 0 Å². The van der Waals surface area contributed by atoms with Crippen LogP contribution in [0.5, 0.6) is 0 Å². The van der Waals surface area contributed by atoms with Crippen molar-refractivity contribution in [3.05, 3.63) is 0 Å². The van der Waals surface area contributed by atoms with E-state index >= 15 is 0 Å². The summed E-state index contributed by atoms with van der Waals surface area (Å²) in [5.74, 6) is 0.0553. The van der Waals surface area contributed by atoms with Crippen LogP contribution in [0.3, 0.4) is 0 Å². The minimum atomic E-state index is 0.0553. The number of rotatable bonds is 4. The summed E-state index contributed by atoms with van der Waals surface area (Å²) in [4.78, 5) is 10.7. The van der Waals surface area contributed by atoms with Gasteiger partial charge in [0.15, 0.2) is 0 Å². The van der Waals surface area contributed by atoms with E-state index in [1.54, 1.807) is 6.92 Å². The first-order valence-corrected chi connectivity index (χ1v) is 6.00. The monoisotopic (exact) mass is 212 g/mol. The summed E-state index contributed by atoms with van der Waals surface area (Å²) in [5, 5.41) is 6.36. The predicted octanol–water partition coefficient (Wildman–Crippen LogP) is 1.68. The Morgan fingerprint density at radius 2 is 2.07 bits per heavy atom. The Kier molecular flexibility index (Phi) is 4.58. The van der Waals surface area contributed by atoms with Gasteiger partial charge in [-0.1, -0.05) is 26.7 Å². The lowest BCUT2D eigenvalue weighted by atomic mass is 9.73. The van der Waals surface area contributed by atoms with Crippen LogP contribution in [-0.4, -0.2) is 25.0 Å². The molecule has 0 aromatic heterocycles. The van der Waals surface area contributed by atoms with E-state index < -0.39 is 0 Å². The lowest BCUT2D eigenvalue weighted by Gasteiger charge is -2.39. The Bertz CT molecular complexity index is 214. The molecule has 1 saturated carbocycles. The van der Waals surface area contributed by atoms with E-state index in [-0.39, 0.29) is 5.91 Å². The topological polar surface area (TPSA) is 41.1 Å². The molecule has 0 radical (unpaired) electrons. The molecule has 0 saturated heterocycles. The first-order chi connectivity index (χ1) is 7.02. The molecule has 0 spiro atoms. The summed E-state index contributed by atoms with van der Waals surface area (Å²) in [6.45, 7) is 7.85. The highest BCUT2D eigenvalue weighted by atomic mass is 16.1. The molecule has 0 heterocycles. The Morgan fingerprint density at radius 3 is 2.67 bits per heavy atom. The van der Waals surface area contributed by atoms with Gasteiger partial charge in [-0.25, -0.2) is 0 Å². The van der Waals surface area contributed by atoms with Crippen molar-refractivity contribution in [2.75, 3.05) is 13.1 Å². The highest BCUT2D eigenvalue weighted by Crippen LogP contribution is 2.35. The summed E-state index contributed by atoms with van der Waals surface area (Å²) < 4.78 is 0. The SMILES string of the molecule is CC(=O)NCCNC1CCCCC1(C)C. The van der Waals surface area contributed by atoms with E-state index in [2.05, 4.69) is 24.5 Å². The fourth-order valence-electron chi connectivity index (χ4n) is 2.36. The van der Waals surface area contributed by atoms with Crippen LogP contribution in [0, 0.1) is 5.41 Å². The fourth-order valence-corrected chi connectivity index (χ4v) is 2.36. The summed E-state index contributed by atoms with van der Waals surface area (Å²) in [6.07, 6.45) is 5.27. The molecule has 88 valence electrons. The van der Waals surface area contributed by atoms with Gasteiger partial charge in [-0.3, -0.25) is 4.79 Å². The largest absolute Gasteiger partial charge is 0.355 e. The van der Waals surface area contributed by atoms with Crippen LogP contribution in [-0.2, 0) is 4.79 Å². The molecular weight excluding hydrogens is 188 g/mol. The molecule has 1 aliphatic carbocycles. The number of nitrogens with one attached hydrogen (secondary N) is 2. The third-order valence-corrected chi connectivity index (χ3v) is 3.40. The van der Waals surface area contributed by atoms with Crippen molar-refractivity contribution in [2.24, 2.45) is 5.41 Å². The maximum atomic E-state index is 10.7. The zero-order valence-electron chi connectivity index (χ0n) is 10.2. The highest BCUT2D eigenvalue weighted by Gasteiger charge is 2.31. The van der Waals surface area contributed by atoms with Crippen LogP contribution in [0.4, 0.5) is 0 Å². The summed E-state index contributed by atoms with van der Waals surface area (Å²) in [5.41, 5.74) is 0.411. The normalized spacial score (nSPS) is 24.9. The van der Waals surface area contributed by atoms with Crippen molar-refractivity contribution in [2.45, 2.75) is 52.5 Å². The molecular formula is C12H24N2O. The number of carbonyl (C=O) groups excluding carboxylic acids is 1. The first-order valence-electron chi connectivity index (χ1n) is 6.00. The van der Waals surface area contributed by atoms with Crippen molar-refractivity contribution in [1.82, 2.24) is 10.6 Å². The number of amides is 1. The van der Waals surface area contributed by atoms with Gasteiger partial charge in [0.2, 0.25) is 5.91 Å². The van der Waals surface area contributed by atoms with E-state index in [1.165, 1.54) is 25.7 Å². The van der Waals surface area contributed by atoms with Crippen LogP contribution in [0.2, 0.25) is 0 Å². The van der Waals surface area contributed by atoms with Crippen molar-refractivity contribution in [1.29, 1.82) is 0 Å². The first kappa shape index (κ1) is 12.5. The van der Waals surface area contributed by atoms with Gasteiger partial charge in [-0.2, -0.15) is 0 Å². The third kappa shape index (κ3) is 4.20. The Balaban J connectivity index is 2.21. The van der Waals surface area contributed by atoms with Crippen molar-refractivity contribution < 1.29 is 4.79 Å². The van der Waals surface area contributed by atoms with Gasteiger partial charge in [-0.15, -0.1) is 0 Å². The van der Waals surface area contributed by atoms with E-state index in [9.17, 15) is 4.79 Å². The summed E-state index contributed by atoms with van der Waals surface area (Å²) >= 11 is 0. The summed E-state index contributed by atoms with van der Waals surface area (Å²) in [7, 11) is 0. The second kappa shape index (κ2) is 5.50. The average Bonchev–Trinajstić information content (AvgIpc) is 2.13. The Morgan fingerprint density at radius 1 is 1.33 bits per heavy atom. The molecule has 1 fully saturated rings. The Labute approximate surface area is 93.0 Å². The van der Waals surface area contributed by atoms with Crippen molar-refractivity contribution in [3.63, 3.8) is 0 Å². The molecule has 0 aromatic rings. The number of hydrogen-bond acceptors (Lipinski definition) is 2. The van der Waals surface area contributed by atoms with Crippen molar-refractivity contribution in [3.8, 4) is 0 Å². The van der Waals surface area contributed by atoms with Crippen LogP contribution >= 0.6 is 0 Å². The molecule has 15 heavy (non-hydrogen) atoms. The number of carbonyl (C=O) groups is 1. The molecule has 0 bridgehead atoms. The fraction of sp³-hybridized carbons (Fsp3) is 0.917. The molecule has 0 aliphatic heterocycles. The zero-order chi connectivity index (χ0) is 11.3. The highest BCUT2D eigenvalue weighted by molar-refractivity contribution is 5.72. The van der Waals surface area contributed by atoms with Gasteiger partial charge in [0, 0.05) is 26.1 Å². The molecule has 1 rings (SSSR count). The summed E-state index contributed by atoms with van der Waals surface area (Å²) in [6, 6.07) is 0.611. The van der Waals surface area contributed by atoms with Crippen molar-refractivity contribution >= 4 is 5.91 Å². The van der Waals surface area contributed by atoms with Gasteiger partial charge in [0.05, 0.1) is 0 Å². The maximum Gasteiger partial charge on any atom is 0.216 e. The molecule has 0 aromatic carbocycles. The lowest BCUT2D eigenvalue weighted by Crippen LogP contribution is -2.46. The molecule has 1 unspecified atom stereocenters. The zero-order valence-corrected chi connectivity index (χ0v) is 10.2. The average molecular weight is 212 g/mol. The Hall–Kier alpha value is -0.570. The smallest absolute Gasteiger partial charge is 0.216 e. The second-order valence-electron chi connectivity index (χ2n) is 5.22. The van der Waals surface area contributed by atoms with Crippen LogP contribution in [0.25, 0.3) is 0 Å². The minimum Gasteiger partial charge on any atom is -0.355 e. The minimum absolute atomic E-state index is 0.0553. The number of hydrogen-bond donors (Lipinski definition) is 2. The van der Waals surface area contributed by atoms with Crippen LogP contribution < -0.4 is 10.6 Å². The molecule has 2 N–H and O–H groups in total. The molecule has 1 aliphatic rings. The quantitative estimate of drug-likeness (QED) is 0.696. The molecule has 1 amide bonds. The lowest BCUT2D eigenvalue weighted by molar-refractivity contribution is -0.118. The molecule has 1 atom stereocenters.